The standard InChI is InChI=1S/C12H16N4O/c1-8-4-10(17)5-9(2)11(8)16-6-14-12(13-3)15-7-16/h4-6,17H,7H2,1-3H3,(H,13,15). The van der Waals surface area contributed by atoms with Gasteiger partial charge < -0.3 is 15.3 Å². The SMILES string of the molecule is CN=C1N=CN(c2c(C)cc(O)cc2C)CN1. The lowest BCUT2D eigenvalue weighted by molar-refractivity contribution is 0.474. The molecule has 2 rings (SSSR count). The fourth-order valence-corrected chi connectivity index (χ4v) is 2.03. The lowest BCUT2D eigenvalue weighted by Gasteiger charge is -2.27. The number of phenols is 1. The second kappa shape index (κ2) is 4.45. The number of nitrogens with one attached hydrogen (secondary N) is 1. The average molecular weight is 232 g/mol. The van der Waals surface area contributed by atoms with E-state index < -0.39 is 0 Å². The highest BCUT2D eigenvalue weighted by molar-refractivity contribution is 5.96. The van der Waals surface area contributed by atoms with Gasteiger partial charge in [-0.05, 0) is 37.1 Å². The molecule has 5 nitrogen and oxygen atoms in total. The molecule has 0 aromatic heterocycles. The minimum absolute atomic E-state index is 0.293. The molecule has 0 unspecified atom stereocenters. The van der Waals surface area contributed by atoms with E-state index in [0.29, 0.717) is 18.4 Å². The molecular formula is C12H16N4O. The highest BCUT2D eigenvalue weighted by Gasteiger charge is 2.14. The lowest BCUT2D eigenvalue weighted by atomic mass is 10.1. The van der Waals surface area contributed by atoms with Gasteiger partial charge in [0.2, 0.25) is 5.96 Å². The summed E-state index contributed by atoms with van der Waals surface area (Å²) in [6.45, 7) is 4.57. The summed E-state index contributed by atoms with van der Waals surface area (Å²) in [5.41, 5.74) is 3.11. The molecule has 2 N–H and O–H groups in total. The molecule has 17 heavy (non-hydrogen) atoms. The van der Waals surface area contributed by atoms with Crippen LogP contribution < -0.4 is 10.2 Å². The Morgan fingerprint density at radius 2 is 2.00 bits per heavy atom. The van der Waals surface area contributed by atoms with Crippen LogP contribution in [-0.4, -0.2) is 31.1 Å². The summed E-state index contributed by atoms with van der Waals surface area (Å²) in [7, 11) is 1.70. The van der Waals surface area contributed by atoms with Crippen LogP contribution in [0.1, 0.15) is 11.1 Å². The number of guanidine groups is 1. The Kier molecular flexibility index (Phi) is 2.99. The van der Waals surface area contributed by atoms with Gasteiger partial charge in [-0.25, -0.2) is 4.99 Å². The number of aromatic hydroxyl groups is 1. The van der Waals surface area contributed by atoms with Crippen LogP contribution in [-0.2, 0) is 0 Å². The van der Waals surface area contributed by atoms with Gasteiger partial charge in [-0.1, -0.05) is 0 Å². The minimum atomic E-state index is 0.293. The molecule has 0 atom stereocenters. The third-order valence-corrected chi connectivity index (χ3v) is 2.70. The number of nitrogens with zero attached hydrogens (tertiary/aromatic N) is 3. The summed E-state index contributed by atoms with van der Waals surface area (Å²) in [4.78, 5) is 10.2. The number of rotatable bonds is 1. The zero-order valence-corrected chi connectivity index (χ0v) is 10.2. The molecule has 0 amide bonds. The van der Waals surface area contributed by atoms with Gasteiger partial charge in [-0.2, -0.15) is 0 Å². The van der Waals surface area contributed by atoms with E-state index in [1.165, 1.54) is 0 Å². The molecule has 1 aromatic carbocycles. The number of aliphatic imine (C=N–C) groups is 2. The molecule has 0 aliphatic carbocycles. The quantitative estimate of drug-likeness (QED) is 0.769. The number of phenolic OH excluding ortho intramolecular Hbond substituents is 1. The highest BCUT2D eigenvalue weighted by atomic mass is 16.3. The van der Waals surface area contributed by atoms with Crippen molar-refractivity contribution in [2.75, 3.05) is 18.6 Å². The first-order valence-electron chi connectivity index (χ1n) is 5.43. The largest absolute Gasteiger partial charge is 0.508 e. The Labute approximate surface area is 101 Å². The van der Waals surface area contributed by atoms with Crippen LogP contribution >= 0.6 is 0 Å². The predicted octanol–water partition coefficient (Wildman–Crippen LogP) is 1.39. The van der Waals surface area contributed by atoms with Crippen molar-refractivity contribution in [2.45, 2.75) is 13.8 Å². The molecule has 1 aliphatic rings. The maximum Gasteiger partial charge on any atom is 0.220 e. The van der Waals surface area contributed by atoms with Crippen molar-refractivity contribution in [1.29, 1.82) is 0 Å². The Balaban J connectivity index is 2.36. The maximum absolute atomic E-state index is 9.51. The van der Waals surface area contributed by atoms with Crippen LogP contribution in [0, 0.1) is 13.8 Å². The first-order chi connectivity index (χ1) is 8.11. The average Bonchev–Trinajstić information content (AvgIpc) is 2.28. The molecule has 1 aromatic rings. The Hall–Kier alpha value is -2.04. The third-order valence-electron chi connectivity index (χ3n) is 2.70. The van der Waals surface area contributed by atoms with Crippen LogP contribution in [0.15, 0.2) is 22.1 Å². The highest BCUT2D eigenvalue weighted by Crippen LogP contribution is 2.28. The second-order valence-electron chi connectivity index (χ2n) is 4.02. The fraction of sp³-hybridized carbons (Fsp3) is 0.333. The van der Waals surface area contributed by atoms with Gasteiger partial charge in [-0.3, -0.25) is 4.99 Å². The lowest BCUT2D eigenvalue weighted by Crippen LogP contribution is -2.41. The van der Waals surface area contributed by atoms with Gasteiger partial charge in [0, 0.05) is 12.7 Å². The minimum Gasteiger partial charge on any atom is -0.508 e. The summed E-state index contributed by atoms with van der Waals surface area (Å²) in [6.07, 6.45) is 1.76. The van der Waals surface area contributed by atoms with Crippen molar-refractivity contribution in [3.63, 3.8) is 0 Å². The molecule has 90 valence electrons. The van der Waals surface area contributed by atoms with Crippen LogP contribution in [0.4, 0.5) is 5.69 Å². The molecule has 0 spiro atoms. The van der Waals surface area contributed by atoms with Gasteiger partial charge in [-0.15, -0.1) is 0 Å². The monoisotopic (exact) mass is 232 g/mol. The van der Waals surface area contributed by atoms with Crippen LogP contribution in [0.2, 0.25) is 0 Å². The number of benzene rings is 1. The zero-order valence-electron chi connectivity index (χ0n) is 10.2. The molecule has 1 heterocycles. The van der Waals surface area contributed by atoms with Crippen molar-refractivity contribution >= 4 is 18.0 Å². The summed E-state index contributed by atoms with van der Waals surface area (Å²) in [6, 6.07) is 3.50. The third kappa shape index (κ3) is 2.22. The molecular weight excluding hydrogens is 216 g/mol. The van der Waals surface area contributed by atoms with E-state index in [0.717, 1.165) is 16.8 Å². The fourth-order valence-electron chi connectivity index (χ4n) is 2.03. The Morgan fingerprint density at radius 1 is 1.35 bits per heavy atom. The van der Waals surface area contributed by atoms with Crippen LogP contribution in [0.3, 0.4) is 0 Å². The van der Waals surface area contributed by atoms with Crippen molar-refractivity contribution in [1.82, 2.24) is 5.32 Å². The predicted molar refractivity (Wildman–Crippen MR) is 69.9 cm³/mol. The van der Waals surface area contributed by atoms with E-state index >= 15 is 0 Å². The van der Waals surface area contributed by atoms with E-state index in [4.69, 9.17) is 0 Å². The first kappa shape index (κ1) is 11.4. The summed E-state index contributed by atoms with van der Waals surface area (Å²) < 4.78 is 0. The Bertz CT molecular complexity index is 470. The molecule has 0 bridgehead atoms. The molecule has 0 saturated carbocycles. The van der Waals surface area contributed by atoms with E-state index in [9.17, 15) is 5.11 Å². The van der Waals surface area contributed by atoms with Gasteiger partial charge in [0.05, 0.1) is 6.67 Å². The number of hydrogen-bond donors (Lipinski definition) is 2. The van der Waals surface area contributed by atoms with E-state index in [1.807, 2.05) is 18.7 Å². The summed E-state index contributed by atoms with van der Waals surface area (Å²) in [5.74, 6) is 0.928. The van der Waals surface area contributed by atoms with Crippen molar-refractivity contribution < 1.29 is 5.11 Å². The smallest absolute Gasteiger partial charge is 0.220 e. The topological polar surface area (TPSA) is 60.2 Å². The molecule has 0 radical (unpaired) electrons. The first-order valence-corrected chi connectivity index (χ1v) is 5.43. The van der Waals surface area contributed by atoms with E-state index in [2.05, 4.69) is 15.3 Å². The number of aryl methyl sites for hydroxylation is 2. The zero-order chi connectivity index (χ0) is 12.4. The number of hydrogen-bond acceptors (Lipinski definition) is 3. The Morgan fingerprint density at radius 3 is 2.47 bits per heavy atom. The van der Waals surface area contributed by atoms with Gasteiger partial charge in [0.15, 0.2) is 0 Å². The number of anilines is 1. The van der Waals surface area contributed by atoms with Gasteiger partial charge in [0.25, 0.3) is 0 Å². The van der Waals surface area contributed by atoms with Crippen molar-refractivity contribution in [3.05, 3.63) is 23.3 Å². The second-order valence-corrected chi connectivity index (χ2v) is 4.02. The normalized spacial score (nSPS) is 17.4. The van der Waals surface area contributed by atoms with Crippen LogP contribution in [0.25, 0.3) is 0 Å². The van der Waals surface area contributed by atoms with Crippen molar-refractivity contribution in [3.8, 4) is 5.75 Å². The van der Waals surface area contributed by atoms with Gasteiger partial charge >= 0.3 is 0 Å². The van der Waals surface area contributed by atoms with Crippen LogP contribution in [0.5, 0.6) is 5.75 Å². The van der Waals surface area contributed by atoms with E-state index in [1.54, 1.807) is 25.5 Å². The van der Waals surface area contributed by atoms with E-state index in [-0.39, 0.29) is 0 Å². The summed E-state index contributed by atoms with van der Waals surface area (Å²) in [5, 5.41) is 12.6. The molecule has 0 fully saturated rings. The summed E-state index contributed by atoms with van der Waals surface area (Å²) >= 11 is 0. The molecule has 5 heteroatoms. The van der Waals surface area contributed by atoms with Gasteiger partial charge in [0.1, 0.15) is 12.1 Å². The maximum atomic E-state index is 9.51. The molecule has 0 saturated heterocycles. The molecule has 1 aliphatic heterocycles. The van der Waals surface area contributed by atoms with Crippen molar-refractivity contribution in [2.24, 2.45) is 9.98 Å².